The summed E-state index contributed by atoms with van der Waals surface area (Å²) in [6.07, 6.45) is -4.86. The lowest BCUT2D eigenvalue weighted by atomic mass is 10.0. The second kappa shape index (κ2) is 10.6. The highest BCUT2D eigenvalue weighted by Crippen LogP contribution is 2.36. The van der Waals surface area contributed by atoms with Crippen LogP contribution in [0.25, 0.3) is 11.1 Å². The summed E-state index contributed by atoms with van der Waals surface area (Å²) in [7, 11) is 0. The van der Waals surface area contributed by atoms with Gasteiger partial charge in [0.25, 0.3) is 0 Å². The first kappa shape index (κ1) is 23.6. The number of ether oxygens (including phenoxy) is 3. The van der Waals surface area contributed by atoms with Crippen molar-refractivity contribution in [2.45, 2.75) is 19.6 Å². The molecule has 1 aromatic heterocycles. The Balaban J connectivity index is 1.66. The lowest BCUT2D eigenvalue weighted by Crippen LogP contribution is -2.17. The molecule has 0 bridgehead atoms. The van der Waals surface area contributed by atoms with Crippen LogP contribution in [0.1, 0.15) is 16.7 Å². The minimum Gasteiger partial charge on any atom is -0.473 e. The Kier molecular flexibility index (Phi) is 7.17. The molecule has 0 fully saturated rings. The average Bonchev–Trinajstić information content (AvgIpc) is 2.86. The summed E-state index contributed by atoms with van der Waals surface area (Å²) in [5.41, 5.74) is 2.62. The normalized spacial score (nSPS) is 10.9. The van der Waals surface area contributed by atoms with Crippen LogP contribution in [0.15, 0.2) is 91.0 Å². The van der Waals surface area contributed by atoms with Crippen LogP contribution in [0.5, 0.6) is 17.5 Å². The number of benzene rings is 3. The molecule has 0 radical (unpaired) electrons. The number of nitriles is 1. The number of pyridine rings is 1. The van der Waals surface area contributed by atoms with E-state index in [4.69, 9.17) is 9.47 Å². The fourth-order valence-corrected chi connectivity index (χ4v) is 3.32. The van der Waals surface area contributed by atoms with E-state index in [0.29, 0.717) is 17.0 Å². The second-order valence-electron chi connectivity index (χ2n) is 7.42. The molecule has 0 N–H and O–H groups in total. The number of halogens is 3. The van der Waals surface area contributed by atoms with Crippen molar-refractivity contribution < 1.29 is 27.4 Å². The summed E-state index contributed by atoms with van der Waals surface area (Å²) in [5, 5.41) is 9.59. The van der Waals surface area contributed by atoms with E-state index in [2.05, 4.69) is 9.72 Å². The monoisotopic (exact) mass is 476 g/mol. The van der Waals surface area contributed by atoms with Gasteiger partial charge in [0, 0.05) is 17.2 Å². The van der Waals surface area contributed by atoms with Gasteiger partial charge in [0.05, 0.1) is 11.6 Å². The Hall–Kier alpha value is -4.51. The first-order chi connectivity index (χ1) is 16.9. The molecule has 4 aromatic rings. The van der Waals surface area contributed by atoms with Gasteiger partial charge in [-0.25, -0.2) is 0 Å². The van der Waals surface area contributed by atoms with Crippen molar-refractivity contribution >= 4 is 0 Å². The maximum atomic E-state index is 12.6. The SMILES string of the molecule is N#Cc1cc(OC(F)(F)F)ccc1-c1ccc(OCc2ccccc2)nc1OCc1ccccc1. The predicted octanol–water partition coefficient (Wildman–Crippen LogP) is 6.68. The third-order valence-electron chi connectivity index (χ3n) is 4.92. The van der Waals surface area contributed by atoms with Gasteiger partial charge in [0.15, 0.2) is 0 Å². The number of rotatable bonds is 8. The summed E-state index contributed by atoms with van der Waals surface area (Å²) in [4.78, 5) is 4.47. The molecule has 0 saturated carbocycles. The molecule has 5 nitrogen and oxygen atoms in total. The van der Waals surface area contributed by atoms with Gasteiger partial charge in [-0.2, -0.15) is 10.2 Å². The van der Waals surface area contributed by atoms with Gasteiger partial charge >= 0.3 is 6.36 Å². The Morgan fingerprint density at radius 2 is 1.34 bits per heavy atom. The number of hydrogen-bond acceptors (Lipinski definition) is 5. The van der Waals surface area contributed by atoms with Crippen molar-refractivity contribution in [1.82, 2.24) is 4.98 Å². The number of nitrogens with zero attached hydrogens (tertiary/aromatic N) is 2. The van der Waals surface area contributed by atoms with Crippen molar-refractivity contribution in [2.75, 3.05) is 0 Å². The number of hydrogen-bond donors (Lipinski definition) is 0. The van der Waals surface area contributed by atoms with Crippen molar-refractivity contribution in [1.29, 1.82) is 5.26 Å². The summed E-state index contributed by atoms with van der Waals surface area (Å²) in [6.45, 7) is 0.484. The summed E-state index contributed by atoms with van der Waals surface area (Å²) in [5.74, 6) is -0.00284. The van der Waals surface area contributed by atoms with E-state index in [1.807, 2.05) is 66.7 Å². The zero-order valence-electron chi connectivity index (χ0n) is 18.3. The molecule has 0 atom stereocenters. The van der Waals surface area contributed by atoms with Crippen molar-refractivity contribution in [3.05, 3.63) is 108 Å². The highest BCUT2D eigenvalue weighted by Gasteiger charge is 2.31. The van der Waals surface area contributed by atoms with E-state index in [-0.39, 0.29) is 24.7 Å². The van der Waals surface area contributed by atoms with Gasteiger partial charge in [0.1, 0.15) is 19.0 Å². The molecule has 1 heterocycles. The van der Waals surface area contributed by atoms with Crippen LogP contribution in [0, 0.1) is 11.3 Å². The molecular weight excluding hydrogens is 457 g/mol. The molecule has 0 aliphatic rings. The highest BCUT2D eigenvalue weighted by molar-refractivity contribution is 5.75. The van der Waals surface area contributed by atoms with Gasteiger partial charge in [-0.1, -0.05) is 60.7 Å². The van der Waals surface area contributed by atoms with E-state index in [9.17, 15) is 18.4 Å². The maximum absolute atomic E-state index is 12.6. The van der Waals surface area contributed by atoms with Crippen molar-refractivity contribution in [3.63, 3.8) is 0 Å². The summed E-state index contributed by atoms with van der Waals surface area (Å²) < 4.78 is 53.6. The quantitative estimate of drug-likeness (QED) is 0.284. The van der Waals surface area contributed by atoms with Crippen LogP contribution in [0.4, 0.5) is 13.2 Å². The zero-order valence-corrected chi connectivity index (χ0v) is 18.3. The summed E-state index contributed by atoms with van der Waals surface area (Å²) in [6, 6.07) is 27.7. The molecule has 0 unspecified atom stereocenters. The van der Waals surface area contributed by atoms with E-state index in [1.54, 1.807) is 12.1 Å². The van der Waals surface area contributed by atoms with Gasteiger partial charge in [-0.15, -0.1) is 13.2 Å². The minimum atomic E-state index is -4.86. The Morgan fingerprint density at radius 1 is 0.743 bits per heavy atom. The van der Waals surface area contributed by atoms with Gasteiger partial charge in [-0.05, 0) is 35.4 Å². The minimum absolute atomic E-state index is 0.0175. The van der Waals surface area contributed by atoms with E-state index in [0.717, 1.165) is 23.3 Å². The van der Waals surface area contributed by atoms with Gasteiger partial charge in [-0.3, -0.25) is 0 Å². The van der Waals surface area contributed by atoms with Crippen LogP contribution in [0.3, 0.4) is 0 Å². The first-order valence-electron chi connectivity index (χ1n) is 10.6. The van der Waals surface area contributed by atoms with Crippen LogP contribution in [-0.2, 0) is 13.2 Å². The predicted molar refractivity (Wildman–Crippen MR) is 123 cm³/mol. The topological polar surface area (TPSA) is 64.4 Å². The molecule has 35 heavy (non-hydrogen) atoms. The molecule has 0 spiro atoms. The second-order valence-corrected chi connectivity index (χ2v) is 7.42. The Morgan fingerprint density at radius 3 is 1.94 bits per heavy atom. The molecule has 0 saturated heterocycles. The lowest BCUT2D eigenvalue weighted by Gasteiger charge is -2.15. The molecular formula is C27H19F3N2O3. The number of alkyl halides is 3. The average molecular weight is 476 g/mol. The van der Waals surface area contributed by atoms with Crippen LogP contribution in [0.2, 0.25) is 0 Å². The lowest BCUT2D eigenvalue weighted by molar-refractivity contribution is -0.274. The maximum Gasteiger partial charge on any atom is 0.573 e. The zero-order chi connectivity index (χ0) is 24.7. The Bertz CT molecular complexity index is 1320. The van der Waals surface area contributed by atoms with Gasteiger partial charge in [0.2, 0.25) is 11.8 Å². The Labute approximate surface area is 200 Å². The number of aromatic nitrogens is 1. The summed E-state index contributed by atoms with van der Waals surface area (Å²) >= 11 is 0. The molecule has 8 heteroatoms. The van der Waals surface area contributed by atoms with Crippen LogP contribution in [-0.4, -0.2) is 11.3 Å². The molecule has 4 rings (SSSR count). The third-order valence-corrected chi connectivity index (χ3v) is 4.92. The fourth-order valence-electron chi connectivity index (χ4n) is 3.32. The molecule has 176 valence electrons. The van der Waals surface area contributed by atoms with E-state index < -0.39 is 12.1 Å². The largest absolute Gasteiger partial charge is 0.573 e. The van der Waals surface area contributed by atoms with Crippen molar-refractivity contribution in [2.24, 2.45) is 0 Å². The van der Waals surface area contributed by atoms with Crippen LogP contribution >= 0.6 is 0 Å². The smallest absolute Gasteiger partial charge is 0.473 e. The highest BCUT2D eigenvalue weighted by atomic mass is 19.4. The fraction of sp³-hybridized carbons (Fsp3) is 0.111. The molecule has 0 amide bonds. The molecule has 0 aliphatic carbocycles. The van der Waals surface area contributed by atoms with Gasteiger partial charge < -0.3 is 14.2 Å². The third kappa shape index (κ3) is 6.51. The van der Waals surface area contributed by atoms with Crippen molar-refractivity contribution in [3.8, 4) is 34.7 Å². The van der Waals surface area contributed by atoms with E-state index in [1.165, 1.54) is 6.07 Å². The molecule has 3 aromatic carbocycles. The first-order valence-corrected chi connectivity index (χ1v) is 10.6. The molecule has 0 aliphatic heterocycles. The standard InChI is InChI=1S/C27H19F3N2O3/c28-27(29,30)35-22-11-12-23(21(15-22)16-31)24-13-14-25(33-17-19-7-3-1-4-8-19)32-26(24)34-18-20-9-5-2-6-10-20/h1-15H,17-18H2. The van der Waals surface area contributed by atoms with Crippen LogP contribution < -0.4 is 14.2 Å². The van der Waals surface area contributed by atoms with E-state index >= 15 is 0 Å².